The predicted octanol–water partition coefficient (Wildman–Crippen LogP) is 4.85. The maximum atomic E-state index is 13.1. The number of benzene rings is 2. The largest absolute Gasteiger partial charge is 0.473 e. The zero-order chi connectivity index (χ0) is 22.7. The molecule has 0 amide bonds. The van der Waals surface area contributed by atoms with Crippen LogP contribution in [0.5, 0.6) is 5.75 Å². The molecule has 1 aromatic heterocycles. The van der Waals surface area contributed by atoms with Crippen LogP contribution in [0, 0.1) is 22.5 Å². The second-order valence-corrected chi connectivity index (χ2v) is 8.57. The van der Waals surface area contributed by atoms with Crippen LogP contribution in [-0.4, -0.2) is 27.4 Å². The van der Waals surface area contributed by atoms with Gasteiger partial charge in [-0.2, -0.15) is 9.78 Å². The molecular weight excluding hydrogens is 532 g/mol. The van der Waals surface area contributed by atoms with Crippen molar-refractivity contribution in [2.45, 2.75) is 19.8 Å². The van der Waals surface area contributed by atoms with E-state index in [1.54, 1.807) is 18.2 Å². The number of rotatable bonds is 6. The second kappa shape index (κ2) is 9.41. The second-order valence-electron chi connectivity index (χ2n) is 6.74. The van der Waals surface area contributed by atoms with Crippen molar-refractivity contribution in [1.29, 1.82) is 0 Å². The molecule has 0 aliphatic rings. The van der Waals surface area contributed by atoms with Gasteiger partial charge in [0.25, 0.3) is 5.56 Å². The molecule has 0 saturated carbocycles. The van der Waals surface area contributed by atoms with Crippen LogP contribution in [-0.2, 0) is 0 Å². The summed E-state index contributed by atoms with van der Waals surface area (Å²) in [6.45, 7) is 3.62. The van der Waals surface area contributed by atoms with Crippen LogP contribution < -0.4 is 10.3 Å². The Hall–Kier alpha value is -3.03. The summed E-state index contributed by atoms with van der Waals surface area (Å²) in [5.74, 6) is 2.60. The molecule has 0 aliphatic heterocycles. The number of nitrogens with zero attached hydrogens (tertiary/aromatic N) is 4. The first-order valence-electron chi connectivity index (χ1n) is 9.03. The van der Waals surface area contributed by atoms with Gasteiger partial charge in [-0.15, -0.1) is 6.42 Å². The Balaban J connectivity index is 2.23. The fourth-order valence-electron chi connectivity index (χ4n) is 2.87. The highest BCUT2D eigenvalue weighted by atomic mass is 79.9. The topological polar surface area (TPSA) is 99.6 Å². The maximum absolute atomic E-state index is 13.1. The Morgan fingerprint density at radius 1 is 1.32 bits per heavy atom. The molecule has 0 aliphatic carbocycles. The normalized spacial score (nSPS) is 11.2. The van der Waals surface area contributed by atoms with Gasteiger partial charge in [-0.3, -0.25) is 14.9 Å². The summed E-state index contributed by atoms with van der Waals surface area (Å²) >= 11 is 6.62. The number of hydrogen-bond acceptors (Lipinski definition) is 6. The molecule has 158 valence electrons. The SMILES string of the molecule is C#CCOc1c(C=Nn2c(C(C)C)nc3ccc(Br)cc3c2=O)cc(Br)cc1[N+](=O)[O-]. The summed E-state index contributed by atoms with van der Waals surface area (Å²) in [5.41, 5.74) is 0.205. The Bertz CT molecular complexity index is 1310. The van der Waals surface area contributed by atoms with E-state index in [9.17, 15) is 14.9 Å². The van der Waals surface area contributed by atoms with Crippen LogP contribution in [0.3, 0.4) is 0 Å². The van der Waals surface area contributed by atoms with Crippen LogP contribution in [0.15, 0.2) is 49.2 Å². The molecule has 10 heteroatoms. The number of fused-ring (bicyclic) bond motifs is 1. The van der Waals surface area contributed by atoms with E-state index in [0.717, 1.165) is 4.47 Å². The Labute approximate surface area is 194 Å². The van der Waals surface area contributed by atoms with Crippen molar-refractivity contribution in [3.63, 3.8) is 0 Å². The molecule has 2 aromatic carbocycles. The van der Waals surface area contributed by atoms with E-state index in [0.29, 0.717) is 21.2 Å². The third kappa shape index (κ3) is 4.84. The lowest BCUT2D eigenvalue weighted by molar-refractivity contribution is -0.385. The molecule has 0 spiro atoms. The first kappa shape index (κ1) is 22.7. The van der Waals surface area contributed by atoms with Gasteiger partial charge >= 0.3 is 5.69 Å². The van der Waals surface area contributed by atoms with Crippen LogP contribution in [0.25, 0.3) is 10.9 Å². The summed E-state index contributed by atoms with van der Waals surface area (Å²) in [5, 5.41) is 16.2. The van der Waals surface area contributed by atoms with Crippen molar-refractivity contribution in [2.24, 2.45) is 5.10 Å². The minimum absolute atomic E-state index is 0.0365. The standard InChI is InChI=1S/C21H16Br2N4O4/c1-4-7-31-19-13(8-15(23)10-18(19)27(29)30)11-24-26-20(12(2)3)25-17-6-5-14(22)9-16(17)21(26)28/h1,5-6,8-12H,7H2,2-3H3. The van der Waals surface area contributed by atoms with Gasteiger partial charge in [0.15, 0.2) is 0 Å². The molecule has 3 aromatic rings. The number of ether oxygens (including phenoxy) is 1. The van der Waals surface area contributed by atoms with Crippen molar-refractivity contribution in [2.75, 3.05) is 6.61 Å². The molecule has 0 unspecified atom stereocenters. The molecule has 1 heterocycles. The number of aromatic nitrogens is 2. The molecule has 0 fully saturated rings. The highest BCUT2D eigenvalue weighted by Crippen LogP contribution is 2.34. The van der Waals surface area contributed by atoms with Crippen LogP contribution in [0.2, 0.25) is 0 Å². The fourth-order valence-corrected chi connectivity index (χ4v) is 3.70. The van der Waals surface area contributed by atoms with Crippen LogP contribution in [0.1, 0.15) is 31.2 Å². The van der Waals surface area contributed by atoms with E-state index in [2.05, 4.69) is 47.9 Å². The van der Waals surface area contributed by atoms with Gasteiger partial charge < -0.3 is 4.74 Å². The molecule has 31 heavy (non-hydrogen) atoms. The molecule has 0 saturated heterocycles. The summed E-state index contributed by atoms with van der Waals surface area (Å²) in [7, 11) is 0. The lowest BCUT2D eigenvalue weighted by Gasteiger charge is -2.12. The van der Waals surface area contributed by atoms with Gasteiger partial charge in [0.05, 0.1) is 22.0 Å². The third-order valence-electron chi connectivity index (χ3n) is 4.22. The van der Waals surface area contributed by atoms with Crippen molar-refractivity contribution >= 4 is 54.7 Å². The van der Waals surface area contributed by atoms with Gasteiger partial charge in [0.1, 0.15) is 12.4 Å². The van der Waals surface area contributed by atoms with Crippen molar-refractivity contribution < 1.29 is 9.66 Å². The molecule has 0 atom stereocenters. The fraction of sp³-hybridized carbons (Fsp3) is 0.190. The lowest BCUT2D eigenvalue weighted by atomic mass is 10.2. The van der Waals surface area contributed by atoms with Gasteiger partial charge in [-0.1, -0.05) is 51.6 Å². The number of halogens is 2. The third-order valence-corrected chi connectivity index (χ3v) is 5.17. The van der Waals surface area contributed by atoms with Gasteiger partial charge in [0, 0.05) is 26.5 Å². The highest BCUT2D eigenvalue weighted by Gasteiger charge is 2.21. The lowest BCUT2D eigenvalue weighted by Crippen LogP contribution is -2.23. The first-order chi connectivity index (χ1) is 14.7. The van der Waals surface area contributed by atoms with E-state index >= 15 is 0 Å². The van der Waals surface area contributed by atoms with Gasteiger partial charge in [-0.05, 0) is 24.3 Å². The van der Waals surface area contributed by atoms with Crippen molar-refractivity contribution in [3.8, 4) is 18.1 Å². The van der Waals surface area contributed by atoms with E-state index in [4.69, 9.17) is 11.2 Å². The van der Waals surface area contributed by atoms with E-state index in [-0.39, 0.29) is 35.1 Å². The number of nitro benzene ring substituents is 1. The van der Waals surface area contributed by atoms with Gasteiger partial charge in [-0.25, -0.2) is 4.98 Å². The molecule has 0 radical (unpaired) electrons. The molecule has 0 N–H and O–H groups in total. The summed E-state index contributed by atoms with van der Waals surface area (Å²) in [6.07, 6.45) is 6.56. The summed E-state index contributed by atoms with van der Waals surface area (Å²) < 4.78 is 7.79. The average molecular weight is 548 g/mol. The summed E-state index contributed by atoms with van der Waals surface area (Å²) in [6, 6.07) is 8.14. The smallest absolute Gasteiger partial charge is 0.312 e. The monoisotopic (exact) mass is 546 g/mol. The van der Waals surface area contributed by atoms with Crippen LogP contribution in [0.4, 0.5) is 5.69 Å². The van der Waals surface area contributed by atoms with Gasteiger partial charge in [0.2, 0.25) is 5.75 Å². The first-order valence-corrected chi connectivity index (χ1v) is 10.6. The molecule has 3 rings (SSSR count). The van der Waals surface area contributed by atoms with Crippen molar-refractivity contribution in [1.82, 2.24) is 9.66 Å². The molecule has 0 bridgehead atoms. The number of hydrogen-bond donors (Lipinski definition) is 0. The Morgan fingerprint density at radius 3 is 2.71 bits per heavy atom. The molecule has 8 nitrogen and oxygen atoms in total. The molecular formula is C21H16Br2N4O4. The van der Waals surface area contributed by atoms with Crippen molar-refractivity contribution in [3.05, 3.63) is 71.1 Å². The number of nitro groups is 1. The van der Waals surface area contributed by atoms with E-state index in [1.807, 2.05) is 19.9 Å². The summed E-state index contributed by atoms with van der Waals surface area (Å²) in [4.78, 5) is 28.6. The average Bonchev–Trinajstić information content (AvgIpc) is 2.71. The maximum Gasteiger partial charge on any atom is 0.312 e. The van der Waals surface area contributed by atoms with E-state index in [1.165, 1.54) is 17.0 Å². The minimum Gasteiger partial charge on any atom is -0.473 e. The highest BCUT2D eigenvalue weighted by molar-refractivity contribution is 9.10. The van der Waals surface area contributed by atoms with Crippen LogP contribution >= 0.6 is 31.9 Å². The quantitative estimate of drug-likeness (QED) is 0.190. The minimum atomic E-state index is -0.575. The Morgan fingerprint density at radius 2 is 2.06 bits per heavy atom. The predicted molar refractivity (Wildman–Crippen MR) is 126 cm³/mol. The van der Waals surface area contributed by atoms with E-state index < -0.39 is 4.92 Å². The zero-order valence-electron chi connectivity index (χ0n) is 16.5. The number of terminal acetylenes is 1. The Kier molecular flexibility index (Phi) is 6.87. The zero-order valence-corrected chi connectivity index (χ0v) is 19.7.